The molecule has 0 radical (unpaired) electrons. The average molecular weight is 572 g/mol. The third-order valence-electron chi connectivity index (χ3n) is 5.05. The molecule has 1 atom stereocenters. The first-order chi connectivity index (χ1) is 15.5. The molecule has 0 aliphatic carbocycles. The van der Waals surface area contributed by atoms with E-state index in [9.17, 15) is 0 Å². The first-order valence-electron chi connectivity index (χ1n) is 10.6. The lowest BCUT2D eigenvalue weighted by molar-refractivity contribution is 0.297. The first kappa shape index (κ1) is 28.6. The second kappa shape index (κ2) is 14.7. The van der Waals surface area contributed by atoms with Gasteiger partial charge in [0.15, 0.2) is 17.5 Å². The Kier molecular flexibility index (Phi) is 12.7. The van der Waals surface area contributed by atoms with Crippen molar-refractivity contribution in [1.29, 1.82) is 0 Å². The Hall–Kier alpha value is -2.40. The molecule has 2 N–H and O–H groups in total. The predicted octanol–water partition coefficient (Wildman–Crippen LogP) is 3.70. The number of nitrogens with zero attached hydrogens (tertiary/aromatic N) is 2. The fraction of sp³-hybridized carbons (Fsp3) is 0.458. The molecule has 8 nitrogen and oxygen atoms in total. The number of aliphatic imine (C=N–C) groups is 1. The van der Waals surface area contributed by atoms with Gasteiger partial charge in [0.1, 0.15) is 5.75 Å². The number of hydrogen-bond acceptors (Lipinski definition) is 6. The zero-order chi connectivity index (χ0) is 23.5. The fourth-order valence-corrected chi connectivity index (χ4v) is 3.38. The molecule has 0 saturated heterocycles. The number of methoxy groups -OCH3 is 4. The minimum Gasteiger partial charge on any atom is -0.497 e. The number of benzene rings is 2. The number of nitrogens with one attached hydrogen (secondary N) is 2. The van der Waals surface area contributed by atoms with Crippen LogP contribution >= 0.6 is 24.0 Å². The van der Waals surface area contributed by atoms with Crippen molar-refractivity contribution in [3.8, 4) is 23.0 Å². The van der Waals surface area contributed by atoms with E-state index in [0.29, 0.717) is 30.3 Å². The van der Waals surface area contributed by atoms with Crippen molar-refractivity contribution in [2.45, 2.75) is 19.5 Å². The highest BCUT2D eigenvalue weighted by atomic mass is 127. The zero-order valence-corrected chi connectivity index (χ0v) is 22.9. The van der Waals surface area contributed by atoms with E-state index in [1.807, 2.05) is 31.2 Å². The summed E-state index contributed by atoms with van der Waals surface area (Å²) in [5.74, 6) is 3.37. The van der Waals surface area contributed by atoms with E-state index in [-0.39, 0.29) is 30.0 Å². The van der Waals surface area contributed by atoms with Crippen molar-refractivity contribution < 1.29 is 18.9 Å². The van der Waals surface area contributed by atoms with Gasteiger partial charge in [-0.05, 0) is 56.4 Å². The molecule has 0 bridgehead atoms. The first-order valence-corrected chi connectivity index (χ1v) is 10.6. The van der Waals surface area contributed by atoms with E-state index in [0.717, 1.165) is 23.8 Å². The molecule has 0 aromatic heterocycles. The van der Waals surface area contributed by atoms with Crippen LogP contribution in [0.5, 0.6) is 23.0 Å². The molecular formula is C24H37IN4O4. The fourth-order valence-electron chi connectivity index (χ4n) is 3.38. The molecule has 2 aromatic carbocycles. The highest BCUT2D eigenvalue weighted by Crippen LogP contribution is 2.38. The normalized spacial score (nSPS) is 11.9. The molecule has 0 heterocycles. The topological polar surface area (TPSA) is 76.6 Å². The SMILES string of the molecule is CCNC(=NCc1cc(OC)c(OC)c(OC)c1)NCC(c1cccc(OC)c1)N(C)C.I. The minimum atomic E-state index is 0. The molecule has 1 unspecified atom stereocenters. The third kappa shape index (κ3) is 8.15. The highest BCUT2D eigenvalue weighted by Gasteiger charge is 2.16. The lowest BCUT2D eigenvalue weighted by atomic mass is 10.1. The molecule has 0 saturated carbocycles. The van der Waals surface area contributed by atoms with Crippen LogP contribution < -0.4 is 29.6 Å². The van der Waals surface area contributed by atoms with Crippen molar-refractivity contribution in [2.75, 3.05) is 55.6 Å². The van der Waals surface area contributed by atoms with E-state index in [1.54, 1.807) is 28.4 Å². The number of likely N-dealkylation sites (N-methyl/N-ethyl adjacent to an activating group) is 1. The van der Waals surface area contributed by atoms with Crippen LogP contribution in [0.1, 0.15) is 24.1 Å². The maximum absolute atomic E-state index is 5.45. The largest absolute Gasteiger partial charge is 0.497 e. The minimum absolute atomic E-state index is 0. The van der Waals surface area contributed by atoms with Crippen LogP contribution in [0.3, 0.4) is 0 Å². The van der Waals surface area contributed by atoms with E-state index in [1.165, 1.54) is 5.56 Å². The maximum atomic E-state index is 5.45. The van der Waals surface area contributed by atoms with Gasteiger partial charge in [0.2, 0.25) is 5.75 Å². The van der Waals surface area contributed by atoms with Crippen LogP contribution in [0, 0.1) is 0 Å². The number of halogens is 1. The Morgan fingerprint density at radius 2 is 1.61 bits per heavy atom. The Labute approximate surface area is 214 Å². The van der Waals surface area contributed by atoms with Crippen LogP contribution in [0.4, 0.5) is 0 Å². The lowest BCUT2D eigenvalue weighted by Gasteiger charge is -2.26. The summed E-state index contributed by atoms with van der Waals surface area (Å²) in [7, 11) is 10.6. The lowest BCUT2D eigenvalue weighted by Crippen LogP contribution is -2.41. The second-order valence-electron chi connectivity index (χ2n) is 7.37. The summed E-state index contributed by atoms with van der Waals surface area (Å²) in [5, 5.41) is 6.77. The third-order valence-corrected chi connectivity index (χ3v) is 5.05. The molecule has 2 rings (SSSR count). The Morgan fingerprint density at radius 3 is 2.12 bits per heavy atom. The monoisotopic (exact) mass is 572 g/mol. The van der Waals surface area contributed by atoms with Gasteiger partial charge in [-0.15, -0.1) is 24.0 Å². The van der Waals surface area contributed by atoms with Gasteiger partial charge in [0.05, 0.1) is 41.0 Å². The second-order valence-corrected chi connectivity index (χ2v) is 7.37. The molecular weight excluding hydrogens is 535 g/mol. The zero-order valence-electron chi connectivity index (χ0n) is 20.6. The molecule has 0 aliphatic heterocycles. The highest BCUT2D eigenvalue weighted by molar-refractivity contribution is 14.0. The summed E-state index contributed by atoms with van der Waals surface area (Å²) >= 11 is 0. The van der Waals surface area contributed by atoms with Crippen molar-refractivity contribution in [1.82, 2.24) is 15.5 Å². The van der Waals surface area contributed by atoms with Gasteiger partial charge in [0.25, 0.3) is 0 Å². The number of guanidine groups is 1. The average Bonchev–Trinajstić information content (AvgIpc) is 2.81. The van der Waals surface area contributed by atoms with Crippen molar-refractivity contribution in [3.63, 3.8) is 0 Å². The molecule has 0 fully saturated rings. The van der Waals surface area contributed by atoms with E-state index < -0.39 is 0 Å². The predicted molar refractivity (Wildman–Crippen MR) is 144 cm³/mol. The van der Waals surface area contributed by atoms with E-state index >= 15 is 0 Å². The molecule has 0 spiro atoms. The Bertz CT molecular complexity index is 868. The van der Waals surface area contributed by atoms with Crippen LogP contribution in [-0.2, 0) is 6.54 Å². The summed E-state index contributed by atoms with van der Waals surface area (Å²) in [6.45, 7) is 3.94. The van der Waals surface area contributed by atoms with Gasteiger partial charge >= 0.3 is 0 Å². The Balaban J connectivity index is 0.00000544. The Morgan fingerprint density at radius 1 is 0.939 bits per heavy atom. The smallest absolute Gasteiger partial charge is 0.203 e. The number of rotatable bonds is 11. The van der Waals surface area contributed by atoms with Crippen LogP contribution in [-0.4, -0.2) is 66.5 Å². The van der Waals surface area contributed by atoms with Gasteiger partial charge in [-0.25, -0.2) is 4.99 Å². The van der Waals surface area contributed by atoms with Gasteiger partial charge in [-0.3, -0.25) is 0 Å². The van der Waals surface area contributed by atoms with Crippen molar-refractivity contribution in [3.05, 3.63) is 47.5 Å². The molecule has 2 aromatic rings. The summed E-state index contributed by atoms with van der Waals surface area (Å²) in [6, 6.07) is 12.1. The van der Waals surface area contributed by atoms with Gasteiger partial charge in [-0.2, -0.15) is 0 Å². The quantitative estimate of drug-likeness (QED) is 0.242. The van der Waals surface area contributed by atoms with Crippen LogP contribution in [0.15, 0.2) is 41.4 Å². The van der Waals surface area contributed by atoms with Crippen LogP contribution in [0.25, 0.3) is 0 Å². The number of hydrogen-bond donors (Lipinski definition) is 2. The molecule has 0 aliphatic rings. The summed E-state index contributed by atoms with van der Waals surface area (Å²) in [6.07, 6.45) is 0. The van der Waals surface area contributed by atoms with Crippen molar-refractivity contribution in [2.24, 2.45) is 4.99 Å². The van der Waals surface area contributed by atoms with E-state index in [2.05, 4.69) is 41.8 Å². The summed E-state index contributed by atoms with van der Waals surface area (Å²) in [5.41, 5.74) is 2.12. The number of ether oxygens (including phenoxy) is 4. The van der Waals surface area contributed by atoms with Crippen molar-refractivity contribution >= 4 is 29.9 Å². The summed E-state index contributed by atoms with van der Waals surface area (Å²) in [4.78, 5) is 6.92. The van der Waals surface area contributed by atoms with Gasteiger partial charge in [-0.1, -0.05) is 12.1 Å². The van der Waals surface area contributed by atoms with Gasteiger partial charge < -0.3 is 34.5 Å². The molecule has 0 amide bonds. The van der Waals surface area contributed by atoms with Crippen LogP contribution in [0.2, 0.25) is 0 Å². The molecule has 33 heavy (non-hydrogen) atoms. The molecule has 184 valence electrons. The summed E-state index contributed by atoms with van der Waals surface area (Å²) < 4.78 is 21.7. The maximum Gasteiger partial charge on any atom is 0.203 e. The van der Waals surface area contributed by atoms with E-state index in [4.69, 9.17) is 23.9 Å². The molecule has 9 heteroatoms. The standard InChI is InChI=1S/C24H36N4O4.HI/c1-8-25-24(26-15-17-12-21(30-5)23(32-7)22(13-17)31-6)27-16-20(28(2)3)18-10-9-11-19(14-18)29-4;/h9-14,20H,8,15-16H2,1-7H3,(H2,25,26,27);1H. The van der Waals surface area contributed by atoms with Gasteiger partial charge in [0, 0.05) is 13.1 Å².